The maximum atomic E-state index is 9.00. The van der Waals surface area contributed by atoms with Crippen LogP contribution in [0.3, 0.4) is 0 Å². The lowest BCUT2D eigenvalue weighted by atomic mass is 9.71. The van der Waals surface area contributed by atoms with Gasteiger partial charge in [-0.15, -0.1) is 0 Å². The Kier molecular flexibility index (Phi) is 6.13. The molecule has 0 aromatic rings. The summed E-state index contributed by atoms with van der Waals surface area (Å²) in [6.07, 6.45) is 7.78. The Morgan fingerprint density at radius 3 is 2.44 bits per heavy atom. The van der Waals surface area contributed by atoms with Gasteiger partial charge >= 0.3 is 0 Å². The minimum Gasteiger partial charge on any atom is -0.481 e. The van der Waals surface area contributed by atoms with E-state index in [1.54, 1.807) is 0 Å². The molecule has 1 heterocycles. The summed E-state index contributed by atoms with van der Waals surface area (Å²) in [5.41, 5.74) is 0. The highest BCUT2D eigenvalue weighted by molar-refractivity contribution is 5.62. The van der Waals surface area contributed by atoms with Crippen LogP contribution in [0.2, 0.25) is 0 Å². The molecule has 0 spiro atoms. The Bertz CT molecular complexity index is 260. The van der Waals surface area contributed by atoms with Crippen LogP contribution in [0.25, 0.3) is 0 Å². The molecular weight excluding hydrogens is 228 g/mol. The molecule has 5 unspecified atom stereocenters. The number of rotatable bonds is 1. The van der Waals surface area contributed by atoms with E-state index in [0.717, 1.165) is 24.7 Å². The Hall–Kier alpha value is -0.570. The second-order valence-corrected chi connectivity index (χ2v) is 6.02. The van der Waals surface area contributed by atoms with Crippen molar-refractivity contribution in [2.45, 2.75) is 72.0 Å². The van der Waals surface area contributed by atoms with Crippen molar-refractivity contribution in [3.63, 3.8) is 0 Å². The van der Waals surface area contributed by atoms with Crippen molar-refractivity contribution < 1.29 is 14.6 Å². The number of carboxylic acids is 1. The summed E-state index contributed by atoms with van der Waals surface area (Å²) in [5.74, 6) is 1.82. The summed E-state index contributed by atoms with van der Waals surface area (Å²) in [6, 6.07) is 0. The number of aliphatic carboxylic acids is 1. The van der Waals surface area contributed by atoms with E-state index in [9.17, 15) is 0 Å². The lowest BCUT2D eigenvalue weighted by Crippen LogP contribution is -2.43. The van der Waals surface area contributed by atoms with Crippen LogP contribution in [0.15, 0.2) is 0 Å². The predicted molar refractivity (Wildman–Crippen MR) is 72.5 cm³/mol. The number of ether oxygens (including phenoxy) is 1. The van der Waals surface area contributed by atoms with Gasteiger partial charge in [0.15, 0.2) is 0 Å². The molecule has 0 radical (unpaired) electrons. The van der Waals surface area contributed by atoms with Gasteiger partial charge in [0, 0.05) is 6.92 Å². The zero-order valence-corrected chi connectivity index (χ0v) is 12.2. The standard InChI is InChI=1S/C13H24O.C2H4O2/c1-4-11-8-10(3)12-6-5-9(2)7-13(12)14-11;1-2(3)4/h9-13H,4-8H2,1-3H3;1H3,(H,3,4). The van der Waals surface area contributed by atoms with Gasteiger partial charge in [-0.2, -0.15) is 0 Å². The molecule has 0 aromatic carbocycles. The highest BCUT2D eigenvalue weighted by Crippen LogP contribution is 2.41. The third-order valence-corrected chi connectivity index (χ3v) is 4.29. The molecule has 5 atom stereocenters. The second kappa shape index (κ2) is 7.13. The summed E-state index contributed by atoms with van der Waals surface area (Å²) in [4.78, 5) is 9.00. The lowest BCUT2D eigenvalue weighted by Gasteiger charge is -2.45. The fourth-order valence-electron chi connectivity index (χ4n) is 3.31. The molecule has 1 aliphatic heterocycles. The third-order valence-electron chi connectivity index (χ3n) is 4.29. The number of hydrogen-bond donors (Lipinski definition) is 1. The van der Waals surface area contributed by atoms with Crippen molar-refractivity contribution in [2.75, 3.05) is 0 Å². The topological polar surface area (TPSA) is 46.5 Å². The highest BCUT2D eigenvalue weighted by atomic mass is 16.5. The summed E-state index contributed by atoms with van der Waals surface area (Å²) >= 11 is 0. The maximum absolute atomic E-state index is 9.00. The van der Waals surface area contributed by atoms with E-state index in [1.165, 1.54) is 32.1 Å². The Labute approximate surface area is 111 Å². The number of carboxylic acid groups (broad SMARTS) is 1. The molecule has 1 aliphatic carbocycles. The molecule has 2 fully saturated rings. The van der Waals surface area contributed by atoms with E-state index >= 15 is 0 Å². The van der Waals surface area contributed by atoms with Crippen LogP contribution in [-0.4, -0.2) is 23.3 Å². The van der Waals surface area contributed by atoms with Gasteiger partial charge in [0.05, 0.1) is 12.2 Å². The highest BCUT2D eigenvalue weighted by Gasteiger charge is 2.38. The lowest BCUT2D eigenvalue weighted by molar-refractivity contribution is -0.134. The Morgan fingerprint density at radius 2 is 1.89 bits per heavy atom. The molecule has 2 aliphatic rings. The molecule has 0 amide bonds. The fourth-order valence-corrected chi connectivity index (χ4v) is 3.31. The van der Waals surface area contributed by atoms with E-state index in [1.807, 2.05) is 0 Å². The van der Waals surface area contributed by atoms with E-state index in [2.05, 4.69) is 20.8 Å². The molecule has 18 heavy (non-hydrogen) atoms. The minimum atomic E-state index is -0.833. The van der Waals surface area contributed by atoms with Crippen molar-refractivity contribution in [3.8, 4) is 0 Å². The molecule has 3 heteroatoms. The quantitative estimate of drug-likeness (QED) is 0.777. The molecule has 106 valence electrons. The average Bonchev–Trinajstić information content (AvgIpc) is 2.27. The molecule has 1 saturated heterocycles. The smallest absolute Gasteiger partial charge is 0.300 e. The Morgan fingerprint density at radius 1 is 1.28 bits per heavy atom. The van der Waals surface area contributed by atoms with E-state index in [0.29, 0.717) is 12.2 Å². The van der Waals surface area contributed by atoms with Crippen LogP contribution in [0.1, 0.15) is 59.8 Å². The molecular formula is C15H28O3. The average molecular weight is 256 g/mol. The van der Waals surface area contributed by atoms with Crippen LogP contribution < -0.4 is 0 Å². The van der Waals surface area contributed by atoms with Crippen molar-refractivity contribution >= 4 is 5.97 Å². The SMILES string of the molecule is CC(=O)O.CCC1CC(C)C2CCC(C)CC2O1. The van der Waals surface area contributed by atoms with Crippen molar-refractivity contribution in [3.05, 3.63) is 0 Å². The summed E-state index contributed by atoms with van der Waals surface area (Å²) < 4.78 is 6.18. The zero-order valence-electron chi connectivity index (χ0n) is 12.2. The Balaban J connectivity index is 0.000000357. The van der Waals surface area contributed by atoms with Crippen LogP contribution in [0, 0.1) is 17.8 Å². The molecule has 1 N–H and O–H groups in total. The van der Waals surface area contributed by atoms with E-state index < -0.39 is 5.97 Å². The minimum absolute atomic E-state index is 0.552. The molecule has 0 bridgehead atoms. The van der Waals surface area contributed by atoms with Crippen molar-refractivity contribution in [1.29, 1.82) is 0 Å². The van der Waals surface area contributed by atoms with Gasteiger partial charge < -0.3 is 9.84 Å². The van der Waals surface area contributed by atoms with Gasteiger partial charge in [-0.05, 0) is 43.4 Å². The van der Waals surface area contributed by atoms with Crippen LogP contribution >= 0.6 is 0 Å². The number of carbonyl (C=O) groups is 1. The van der Waals surface area contributed by atoms with E-state index in [-0.39, 0.29) is 0 Å². The largest absolute Gasteiger partial charge is 0.481 e. The monoisotopic (exact) mass is 256 g/mol. The molecule has 1 saturated carbocycles. The molecule has 0 aromatic heterocycles. The van der Waals surface area contributed by atoms with Gasteiger partial charge in [0.25, 0.3) is 5.97 Å². The summed E-state index contributed by atoms with van der Waals surface area (Å²) in [5, 5.41) is 7.42. The van der Waals surface area contributed by atoms with Crippen LogP contribution in [0.4, 0.5) is 0 Å². The number of fused-ring (bicyclic) bond motifs is 1. The third kappa shape index (κ3) is 4.60. The molecule has 2 rings (SSSR count). The fraction of sp³-hybridized carbons (Fsp3) is 0.933. The normalized spacial score (nSPS) is 39.2. The second-order valence-electron chi connectivity index (χ2n) is 6.02. The maximum Gasteiger partial charge on any atom is 0.300 e. The first-order valence-electron chi connectivity index (χ1n) is 7.29. The number of hydrogen-bond acceptors (Lipinski definition) is 2. The van der Waals surface area contributed by atoms with Crippen LogP contribution in [-0.2, 0) is 9.53 Å². The first-order chi connectivity index (χ1) is 8.43. The van der Waals surface area contributed by atoms with Gasteiger partial charge in [0.1, 0.15) is 0 Å². The predicted octanol–water partition coefficient (Wildman–Crippen LogP) is 3.72. The van der Waals surface area contributed by atoms with Gasteiger partial charge in [-0.1, -0.05) is 27.2 Å². The first kappa shape index (κ1) is 15.5. The van der Waals surface area contributed by atoms with Gasteiger partial charge in [0.2, 0.25) is 0 Å². The van der Waals surface area contributed by atoms with Gasteiger partial charge in [-0.3, -0.25) is 4.79 Å². The van der Waals surface area contributed by atoms with E-state index in [4.69, 9.17) is 14.6 Å². The summed E-state index contributed by atoms with van der Waals surface area (Å²) in [6.45, 7) is 8.14. The molecule has 3 nitrogen and oxygen atoms in total. The zero-order chi connectivity index (χ0) is 13.7. The van der Waals surface area contributed by atoms with Gasteiger partial charge in [-0.25, -0.2) is 0 Å². The van der Waals surface area contributed by atoms with Crippen molar-refractivity contribution in [2.24, 2.45) is 17.8 Å². The first-order valence-corrected chi connectivity index (χ1v) is 7.29. The van der Waals surface area contributed by atoms with Crippen molar-refractivity contribution in [1.82, 2.24) is 0 Å². The summed E-state index contributed by atoms with van der Waals surface area (Å²) in [7, 11) is 0. The van der Waals surface area contributed by atoms with Crippen LogP contribution in [0.5, 0.6) is 0 Å².